The number of hydrogen-bond acceptors (Lipinski definition) is 3. The predicted molar refractivity (Wildman–Crippen MR) is 70.5 cm³/mol. The van der Waals surface area contributed by atoms with E-state index in [-0.39, 0.29) is 5.91 Å². The molecule has 1 aromatic heterocycles. The molecule has 0 unspecified atom stereocenters. The number of amides is 1. The lowest BCUT2D eigenvalue weighted by Gasteiger charge is -2.33. The fraction of sp³-hybridized carbons (Fsp3) is 0.692. The van der Waals surface area contributed by atoms with E-state index in [0.29, 0.717) is 6.04 Å². The number of carbonyl (C=O) groups excluding carboxylic acids is 1. The van der Waals surface area contributed by atoms with Crippen LogP contribution in [0.2, 0.25) is 0 Å². The van der Waals surface area contributed by atoms with Crippen molar-refractivity contribution in [1.29, 1.82) is 0 Å². The van der Waals surface area contributed by atoms with Gasteiger partial charge in [-0.3, -0.25) is 9.48 Å². The third kappa shape index (κ3) is 2.56. The van der Waals surface area contributed by atoms with Crippen LogP contribution in [0.15, 0.2) is 6.20 Å². The van der Waals surface area contributed by atoms with E-state index in [1.165, 1.54) is 0 Å². The van der Waals surface area contributed by atoms with Gasteiger partial charge in [-0.25, -0.2) is 0 Å². The molecule has 100 valence electrons. The maximum atomic E-state index is 12.6. The molecule has 1 fully saturated rings. The number of nitrogens with one attached hydrogen (secondary N) is 1. The Morgan fingerprint density at radius 3 is 2.72 bits per heavy atom. The maximum absolute atomic E-state index is 12.6. The van der Waals surface area contributed by atoms with Crippen LogP contribution in [0.25, 0.3) is 0 Å². The average molecular weight is 250 g/mol. The Labute approximate surface area is 108 Å². The summed E-state index contributed by atoms with van der Waals surface area (Å²) in [6, 6.07) is 0.364. The SMILES string of the molecule is CCN(C(=O)c1cn(C)nc1C)C1CCNCC1. The van der Waals surface area contributed by atoms with E-state index >= 15 is 0 Å². The highest BCUT2D eigenvalue weighted by Crippen LogP contribution is 2.16. The highest BCUT2D eigenvalue weighted by Gasteiger charge is 2.26. The normalized spacial score (nSPS) is 16.8. The first-order valence-electron chi connectivity index (χ1n) is 6.65. The maximum Gasteiger partial charge on any atom is 0.257 e. The van der Waals surface area contributed by atoms with Crippen LogP contribution in [0, 0.1) is 6.92 Å². The van der Waals surface area contributed by atoms with E-state index in [9.17, 15) is 4.79 Å². The first-order chi connectivity index (χ1) is 8.63. The quantitative estimate of drug-likeness (QED) is 0.868. The molecule has 1 aromatic rings. The van der Waals surface area contributed by atoms with E-state index < -0.39 is 0 Å². The lowest BCUT2D eigenvalue weighted by molar-refractivity contribution is 0.0655. The highest BCUT2D eigenvalue weighted by molar-refractivity contribution is 5.95. The van der Waals surface area contributed by atoms with E-state index in [2.05, 4.69) is 10.4 Å². The first-order valence-corrected chi connectivity index (χ1v) is 6.65. The fourth-order valence-electron chi connectivity index (χ4n) is 2.65. The lowest BCUT2D eigenvalue weighted by Crippen LogP contribution is -2.46. The molecule has 2 rings (SSSR count). The van der Waals surface area contributed by atoms with Crippen LogP contribution < -0.4 is 5.32 Å². The predicted octanol–water partition coefficient (Wildman–Crippen LogP) is 0.943. The Bertz CT molecular complexity index is 421. The second-order valence-electron chi connectivity index (χ2n) is 4.87. The molecular weight excluding hydrogens is 228 g/mol. The van der Waals surface area contributed by atoms with Crippen LogP contribution in [0.4, 0.5) is 0 Å². The van der Waals surface area contributed by atoms with Gasteiger partial charge in [0.25, 0.3) is 5.91 Å². The van der Waals surface area contributed by atoms with Crippen molar-refractivity contribution in [3.63, 3.8) is 0 Å². The Balaban J connectivity index is 2.16. The number of rotatable bonds is 3. The molecule has 1 aliphatic rings. The van der Waals surface area contributed by atoms with Gasteiger partial charge in [0.1, 0.15) is 0 Å². The number of aromatic nitrogens is 2. The molecule has 0 aliphatic carbocycles. The smallest absolute Gasteiger partial charge is 0.257 e. The van der Waals surface area contributed by atoms with Gasteiger partial charge in [0.05, 0.1) is 11.3 Å². The molecule has 5 heteroatoms. The minimum absolute atomic E-state index is 0.120. The van der Waals surface area contributed by atoms with Gasteiger partial charge >= 0.3 is 0 Å². The topological polar surface area (TPSA) is 50.2 Å². The monoisotopic (exact) mass is 250 g/mol. The first kappa shape index (κ1) is 13.1. The molecule has 2 heterocycles. The zero-order valence-corrected chi connectivity index (χ0v) is 11.4. The number of hydrogen-bond donors (Lipinski definition) is 1. The highest BCUT2D eigenvalue weighted by atomic mass is 16.2. The zero-order chi connectivity index (χ0) is 13.1. The lowest BCUT2D eigenvalue weighted by atomic mass is 10.0. The largest absolute Gasteiger partial charge is 0.336 e. The molecule has 0 spiro atoms. The van der Waals surface area contributed by atoms with Crippen molar-refractivity contribution in [2.75, 3.05) is 19.6 Å². The van der Waals surface area contributed by atoms with Crippen LogP contribution in [0.3, 0.4) is 0 Å². The van der Waals surface area contributed by atoms with Gasteiger partial charge in [0.15, 0.2) is 0 Å². The van der Waals surface area contributed by atoms with E-state index in [1.807, 2.05) is 32.0 Å². The average Bonchev–Trinajstić information content (AvgIpc) is 2.70. The molecule has 0 aromatic carbocycles. The molecule has 1 saturated heterocycles. The van der Waals surface area contributed by atoms with Crippen molar-refractivity contribution >= 4 is 5.91 Å². The van der Waals surface area contributed by atoms with Crippen molar-refractivity contribution < 1.29 is 4.79 Å². The summed E-state index contributed by atoms with van der Waals surface area (Å²) in [5, 5.41) is 7.58. The van der Waals surface area contributed by atoms with Crippen LogP contribution in [0.5, 0.6) is 0 Å². The molecule has 18 heavy (non-hydrogen) atoms. The molecule has 0 atom stereocenters. The summed E-state index contributed by atoms with van der Waals surface area (Å²) in [6.07, 6.45) is 3.90. The van der Waals surface area contributed by atoms with Crippen molar-refractivity contribution in [2.24, 2.45) is 7.05 Å². The molecule has 1 aliphatic heterocycles. The molecule has 1 N–H and O–H groups in total. The second-order valence-corrected chi connectivity index (χ2v) is 4.87. The minimum Gasteiger partial charge on any atom is -0.336 e. The molecule has 1 amide bonds. The third-order valence-corrected chi connectivity index (χ3v) is 3.59. The van der Waals surface area contributed by atoms with Crippen molar-refractivity contribution in [2.45, 2.75) is 32.7 Å². The summed E-state index contributed by atoms with van der Waals surface area (Å²) >= 11 is 0. The molecular formula is C13H22N4O. The summed E-state index contributed by atoms with van der Waals surface area (Å²) in [4.78, 5) is 14.6. The Morgan fingerprint density at radius 2 is 2.22 bits per heavy atom. The molecule has 0 bridgehead atoms. The minimum atomic E-state index is 0.120. The Hall–Kier alpha value is -1.36. The van der Waals surface area contributed by atoms with Crippen molar-refractivity contribution in [1.82, 2.24) is 20.0 Å². The summed E-state index contributed by atoms with van der Waals surface area (Å²) < 4.78 is 1.71. The number of carbonyl (C=O) groups is 1. The van der Waals surface area contributed by atoms with Crippen molar-refractivity contribution in [3.8, 4) is 0 Å². The zero-order valence-electron chi connectivity index (χ0n) is 11.4. The Kier molecular flexibility index (Phi) is 4.01. The molecule has 0 saturated carbocycles. The van der Waals surface area contributed by atoms with Gasteiger partial charge in [-0.15, -0.1) is 0 Å². The van der Waals surface area contributed by atoms with Gasteiger partial charge < -0.3 is 10.2 Å². The number of aryl methyl sites for hydroxylation is 2. The van der Waals surface area contributed by atoms with Crippen LogP contribution in [0.1, 0.15) is 35.8 Å². The summed E-state index contributed by atoms with van der Waals surface area (Å²) in [6.45, 7) is 6.70. The fourth-order valence-corrected chi connectivity index (χ4v) is 2.65. The summed E-state index contributed by atoms with van der Waals surface area (Å²) in [5.74, 6) is 0.120. The van der Waals surface area contributed by atoms with E-state index in [0.717, 1.165) is 43.7 Å². The second kappa shape index (κ2) is 5.52. The standard InChI is InChI=1S/C13H22N4O/c1-4-17(11-5-7-14-8-6-11)13(18)12-9-16(3)15-10(12)2/h9,11,14H,4-8H2,1-3H3. The number of nitrogens with zero attached hydrogens (tertiary/aromatic N) is 3. The summed E-state index contributed by atoms with van der Waals surface area (Å²) in [7, 11) is 1.85. The van der Waals surface area contributed by atoms with Gasteiger partial charge in [0, 0.05) is 25.8 Å². The molecule has 5 nitrogen and oxygen atoms in total. The van der Waals surface area contributed by atoms with Gasteiger partial charge in [-0.05, 0) is 39.8 Å². The number of piperidine rings is 1. The van der Waals surface area contributed by atoms with Gasteiger partial charge in [0.2, 0.25) is 0 Å². The van der Waals surface area contributed by atoms with E-state index in [1.54, 1.807) is 4.68 Å². The van der Waals surface area contributed by atoms with Crippen LogP contribution in [-0.2, 0) is 7.05 Å². The van der Waals surface area contributed by atoms with Crippen LogP contribution >= 0.6 is 0 Å². The third-order valence-electron chi connectivity index (χ3n) is 3.59. The molecule has 0 radical (unpaired) electrons. The van der Waals surface area contributed by atoms with Crippen LogP contribution in [-0.4, -0.2) is 46.3 Å². The van der Waals surface area contributed by atoms with Crippen molar-refractivity contribution in [3.05, 3.63) is 17.5 Å². The van der Waals surface area contributed by atoms with E-state index in [4.69, 9.17) is 0 Å². The van der Waals surface area contributed by atoms with Gasteiger partial charge in [-0.1, -0.05) is 0 Å². The summed E-state index contributed by atoms with van der Waals surface area (Å²) in [5.41, 5.74) is 1.55. The van der Waals surface area contributed by atoms with Gasteiger partial charge in [-0.2, -0.15) is 5.10 Å². The Morgan fingerprint density at radius 1 is 1.56 bits per heavy atom.